The highest BCUT2D eigenvalue weighted by atomic mass is 19.4. The van der Waals surface area contributed by atoms with Gasteiger partial charge in [0, 0.05) is 0 Å². The first kappa shape index (κ1) is 22.5. The molecule has 5 N–H and O–H groups in total. The molecule has 150 valence electrons. The van der Waals surface area contributed by atoms with E-state index in [0.29, 0.717) is 0 Å². The van der Waals surface area contributed by atoms with Crippen molar-refractivity contribution in [2.75, 3.05) is 6.61 Å². The lowest BCUT2D eigenvalue weighted by atomic mass is 9.87. The zero-order valence-corrected chi connectivity index (χ0v) is 13.1. The van der Waals surface area contributed by atoms with Crippen LogP contribution in [0.3, 0.4) is 0 Å². The molecule has 1 unspecified atom stereocenters. The van der Waals surface area contributed by atoms with Gasteiger partial charge in [0.05, 0.1) is 6.10 Å². The van der Waals surface area contributed by atoms with Crippen LogP contribution in [0.15, 0.2) is 24.8 Å². The Kier molecular flexibility index (Phi) is 8.11. The van der Waals surface area contributed by atoms with E-state index in [2.05, 4.69) is 21.2 Å². The normalized spacial score (nSPS) is 32.6. The number of ether oxygens (including phenoxy) is 1. The highest BCUT2D eigenvalue weighted by molar-refractivity contribution is 5.82. The molecule has 26 heavy (non-hydrogen) atoms. The zero-order chi connectivity index (χ0) is 20.0. The summed E-state index contributed by atoms with van der Waals surface area (Å²) in [6.45, 7) is 2.63. The van der Waals surface area contributed by atoms with Gasteiger partial charge >= 0.3 is 12.1 Å². The molecule has 1 aliphatic heterocycles. The standard InChI is InChI=1S/C13H18F3NO9/c1-2-3-4-5-7-10(25-21)12(26-22,17-11(19)13(14,15)16)9(18)8(24-7)6-23-20/h2-4,7-10,18,20-22H,1,5-6H2,(H,17,19)/b4-3+/t7-,8?,9-,10-,12+/m0/s1. The minimum Gasteiger partial charge on any atom is -0.385 e. The number of allylic oxidation sites excluding steroid dienone is 2. The second-order valence-corrected chi connectivity index (χ2v) is 5.22. The molecule has 1 heterocycles. The van der Waals surface area contributed by atoms with Gasteiger partial charge in [-0.15, -0.1) is 0 Å². The molecule has 1 rings (SSSR count). The topological polar surface area (TPSA) is 147 Å². The number of aliphatic hydroxyl groups is 1. The summed E-state index contributed by atoms with van der Waals surface area (Å²) in [7, 11) is 0. The third-order valence-corrected chi connectivity index (χ3v) is 3.61. The molecule has 1 fully saturated rings. The molecule has 0 aliphatic carbocycles. The van der Waals surface area contributed by atoms with Crippen molar-refractivity contribution in [3.8, 4) is 0 Å². The summed E-state index contributed by atoms with van der Waals surface area (Å²) < 4.78 is 43.1. The van der Waals surface area contributed by atoms with Gasteiger partial charge < -0.3 is 15.2 Å². The molecule has 13 heteroatoms. The average Bonchev–Trinajstić information content (AvgIpc) is 2.58. The van der Waals surface area contributed by atoms with Gasteiger partial charge in [-0.3, -0.25) is 15.3 Å². The number of hydrogen-bond acceptors (Lipinski definition) is 9. The number of hydrogen-bond donors (Lipinski definition) is 5. The summed E-state index contributed by atoms with van der Waals surface area (Å²) in [6.07, 6.45) is -8.52. The summed E-state index contributed by atoms with van der Waals surface area (Å²) in [6, 6.07) is 0. The van der Waals surface area contributed by atoms with Crippen molar-refractivity contribution >= 4 is 5.91 Å². The molecule has 0 aromatic heterocycles. The Morgan fingerprint density at radius 3 is 2.42 bits per heavy atom. The molecule has 0 aromatic carbocycles. The molecular weight excluding hydrogens is 371 g/mol. The van der Waals surface area contributed by atoms with Crippen molar-refractivity contribution in [2.24, 2.45) is 0 Å². The SMILES string of the molecule is C=C/C=C/C[C@@H]1OC(COO)[C@H](O)[C@@](NC(=O)C(F)(F)F)(OO)[C@H]1OO. The lowest BCUT2D eigenvalue weighted by molar-refractivity contribution is -0.452. The van der Waals surface area contributed by atoms with Crippen molar-refractivity contribution < 1.29 is 58.2 Å². The molecule has 1 saturated heterocycles. The van der Waals surface area contributed by atoms with Crippen LogP contribution in [0, 0.1) is 0 Å². The predicted molar refractivity (Wildman–Crippen MR) is 75.3 cm³/mol. The van der Waals surface area contributed by atoms with Gasteiger partial charge in [-0.1, -0.05) is 24.8 Å². The Morgan fingerprint density at radius 2 is 1.96 bits per heavy atom. The van der Waals surface area contributed by atoms with Gasteiger partial charge in [0.15, 0.2) is 6.10 Å². The first-order valence-corrected chi connectivity index (χ1v) is 7.07. The largest absolute Gasteiger partial charge is 0.471 e. The van der Waals surface area contributed by atoms with Crippen LogP contribution in [0.2, 0.25) is 0 Å². The fourth-order valence-corrected chi connectivity index (χ4v) is 2.45. The summed E-state index contributed by atoms with van der Waals surface area (Å²) in [5.74, 6) is -2.60. The number of halogens is 3. The van der Waals surface area contributed by atoms with Crippen molar-refractivity contribution in [1.82, 2.24) is 5.32 Å². The van der Waals surface area contributed by atoms with Gasteiger partial charge in [0.1, 0.15) is 18.8 Å². The Labute approximate surface area is 144 Å². The minimum atomic E-state index is -5.41. The average molecular weight is 389 g/mol. The van der Waals surface area contributed by atoms with E-state index in [1.54, 1.807) is 0 Å². The number of carbonyl (C=O) groups is 1. The van der Waals surface area contributed by atoms with E-state index < -0.39 is 48.8 Å². The van der Waals surface area contributed by atoms with E-state index in [1.807, 2.05) is 0 Å². The maximum absolute atomic E-state index is 12.6. The van der Waals surface area contributed by atoms with E-state index in [-0.39, 0.29) is 6.42 Å². The summed E-state index contributed by atoms with van der Waals surface area (Å²) in [5.41, 5.74) is -2.99. The van der Waals surface area contributed by atoms with Crippen LogP contribution < -0.4 is 5.32 Å². The van der Waals surface area contributed by atoms with E-state index in [0.717, 1.165) is 0 Å². The van der Waals surface area contributed by atoms with Gasteiger partial charge in [-0.25, -0.2) is 19.9 Å². The molecule has 0 bridgehead atoms. The fourth-order valence-electron chi connectivity index (χ4n) is 2.45. The molecule has 0 aromatic rings. The summed E-state index contributed by atoms with van der Waals surface area (Å²) >= 11 is 0. The molecule has 5 atom stereocenters. The second kappa shape index (κ2) is 9.38. The number of amides is 1. The predicted octanol–water partition coefficient (Wildman–Crippen LogP) is 0.459. The Balaban J connectivity index is 3.29. The van der Waals surface area contributed by atoms with Crippen LogP contribution in [0.4, 0.5) is 13.2 Å². The van der Waals surface area contributed by atoms with Crippen molar-refractivity contribution in [1.29, 1.82) is 0 Å². The monoisotopic (exact) mass is 389 g/mol. The van der Waals surface area contributed by atoms with Gasteiger partial charge in [-0.2, -0.15) is 13.2 Å². The molecule has 1 amide bonds. The summed E-state index contributed by atoms with van der Waals surface area (Å²) in [5, 5.41) is 38.3. The molecule has 10 nitrogen and oxygen atoms in total. The summed E-state index contributed by atoms with van der Waals surface area (Å²) in [4.78, 5) is 23.1. The van der Waals surface area contributed by atoms with Crippen LogP contribution in [-0.4, -0.2) is 69.7 Å². The number of rotatable bonds is 8. The van der Waals surface area contributed by atoms with Crippen molar-refractivity contribution in [2.45, 2.75) is 42.7 Å². The third-order valence-electron chi connectivity index (χ3n) is 3.61. The van der Waals surface area contributed by atoms with Crippen molar-refractivity contribution in [3.05, 3.63) is 24.8 Å². The second-order valence-electron chi connectivity index (χ2n) is 5.22. The quantitative estimate of drug-likeness (QED) is 0.173. The maximum atomic E-state index is 12.6. The van der Waals surface area contributed by atoms with Crippen LogP contribution in [0.5, 0.6) is 0 Å². The molecule has 1 aliphatic rings. The molecule has 0 radical (unpaired) electrons. The maximum Gasteiger partial charge on any atom is 0.471 e. The van der Waals surface area contributed by atoms with Gasteiger partial charge in [0.2, 0.25) is 5.72 Å². The number of aliphatic hydroxyl groups excluding tert-OH is 1. The zero-order valence-electron chi connectivity index (χ0n) is 13.1. The van der Waals surface area contributed by atoms with E-state index >= 15 is 0 Å². The van der Waals surface area contributed by atoms with Crippen LogP contribution in [0.1, 0.15) is 6.42 Å². The lowest BCUT2D eigenvalue weighted by Gasteiger charge is -2.49. The van der Waals surface area contributed by atoms with Crippen LogP contribution in [-0.2, 0) is 24.2 Å². The van der Waals surface area contributed by atoms with E-state index in [1.165, 1.54) is 23.5 Å². The third kappa shape index (κ3) is 4.77. The van der Waals surface area contributed by atoms with E-state index in [4.69, 9.17) is 15.3 Å². The van der Waals surface area contributed by atoms with Gasteiger partial charge in [-0.05, 0) is 6.42 Å². The molecule has 0 saturated carbocycles. The smallest absolute Gasteiger partial charge is 0.385 e. The molecular formula is C13H18F3NO9. The minimum absolute atomic E-state index is 0.140. The highest BCUT2D eigenvalue weighted by Crippen LogP contribution is 2.35. The van der Waals surface area contributed by atoms with Crippen LogP contribution >= 0.6 is 0 Å². The Bertz CT molecular complexity index is 516. The number of carbonyl (C=O) groups excluding carboxylic acids is 1. The van der Waals surface area contributed by atoms with Crippen molar-refractivity contribution in [3.63, 3.8) is 0 Å². The number of alkyl halides is 3. The Morgan fingerprint density at radius 1 is 1.31 bits per heavy atom. The van der Waals surface area contributed by atoms with Crippen LogP contribution in [0.25, 0.3) is 0 Å². The van der Waals surface area contributed by atoms with E-state index in [9.17, 15) is 28.3 Å². The highest BCUT2D eigenvalue weighted by Gasteiger charge is 2.62. The Hall–Kier alpha value is -1.58. The fraction of sp³-hybridized carbons (Fsp3) is 0.615. The number of nitrogens with one attached hydrogen (secondary N) is 1. The lowest BCUT2D eigenvalue weighted by Crippen LogP contribution is -2.76. The van der Waals surface area contributed by atoms with Gasteiger partial charge in [0.25, 0.3) is 0 Å². The first-order chi connectivity index (χ1) is 12.2. The molecule has 0 spiro atoms. The first-order valence-electron chi connectivity index (χ1n) is 7.07.